The van der Waals surface area contributed by atoms with Crippen LogP contribution in [0.25, 0.3) is 0 Å². The van der Waals surface area contributed by atoms with Crippen LogP contribution in [0.15, 0.2) is 12.1 Å². The van der Waals surface area contributed by atoms with Crippen molar-refractivity contribution in [2.24, 2.45) is 5.73 Å². The maximum absolute atomic E-state index is 11.8. The van der Waals surface area contributed by atoms with Crippen molar-refractivity contribution in [3.63, 3.8) is 0 Å². The lowest BCUT2D eigenvalue weighted by Gasteiger charge is -2.20. The number of aliphatic carboxylic acids is 1. The average molecular weight is 320 g/mol. The summed E-state index contributed by atoms with van der Waals surface area (Å²) in [5.41, 5.74) is 4.93. The standard InChI is InChI=1S/C11H14ClN3O4S/c1-15(5-6-2-3-8(12)20-6)11(19)14-7(10(17)18)4-9(13)16/h2-3,7H,4-5H2,1H3,(H2,13,16)(H,14,19)(H,17,18)/t7-/m1/s1. The molecule has 0 radical (unpaired) electrons. The number of nitrogens with zero attached hydrogens (tertiary/aromatic N) is 1. The summed E-state index contributed by atoms with van der Waals surface area (Å²) in [4.78, 5) is 35.6. The van der Waals surface area contributed by atoms with Crippen molar-refractivity contribution >= 4 is 40.8 Å². The molecule has 0 aliphatic carbocycles. The van der Waals surface area contributed by atoms with Crippen molar-refractivity contribution < 1.29 is 19.5 Å². The van der Waals surface area contributed by atoms with Crippen molar-refractivity contribution in [1.29, 1.82) is 0 Å². The summed E-state index contributed by atoms with van der Waals surface area (Å²) in [6, 6.07) is 1.53. The van der Waals surface area contributed by atoms with Gasteiger partial charge in [0.2, 0.25) is 5.91 Å². The zero-order valence-corrected chi connectivity index (χ0v) is 12.2. The minimum Gasteiger partial charge on any atom is -0.480 e. The summed E-state index contributed by atoms with van der Waals surface area (Å²) < 4.78 is 0.603. The number of carboxylic acids is 1. The molecule has 1 atom stereocenters. The molecular formula is C11H14ClN3O4S. The van der Waals surface area contributed by atoms with Gasteiger partial charge in [0.05, 0.1) is 17.3 Å². The predicted molar refractivity (Wildman–Crippen MR) is 74.6 cm³/mol. The number of thiophene rings is 1. The van der Waals surface area contributed by atoms with Gasteiger partial charge in [-0.2, -0.15) is 0 Å². The van der Waals surface area contributed by atoms with E-state index in [9.17, 15) is 14.4 Å². The second-order valence-electron chi connectivity index (χ2n) is 4.07. The Morgan fingerprint density at radius 2 is 2.15 bits per heavy atom. The molecule has 9 heteroatoms. The monoisotopic (exact) mass is 319 g/mol. The largest absolute Gasteiger partial charge is 0.480 e. The van der Waals surface area contributed by atoms with Crippen LogP contribution >= 0.6 is 22.9 Å². The number of rotatable bonds is 6. The van der Waals surface area contributed by atoms with Gasteiger partial charge in [-0.1, -0.05) is 11.6 Å². The molecule has 3 amide bonds. The first-order chi connectivity index (χ1) is 9.29. The minimum atomic E-state index is -1.34. The fraction of sp³-hybridized carbons (Fsp3) is 0.364. The van der Waals surface area contributed by atoms with Crippen molar-refractivity contribution in [2.75, 3.05) is 7.05 Å². The quantitative estimate of drug-likeness (QED) is 0.722. The molecule has 0 aromatic carbocycles. The topological polar surface area (TPSA) is 113 Å². The Kier molecular flexibility index (Phi) is 5.78. The SMILES string of the molecule is CN(Cc1ccc(Cl)s1)C(=O)N[C@H](CC(N)=O)C(=O)O. The highest BCUT2D eigenvalue weighted by molar-refractivity contribution is 7.16. The van der Waals surface area contributed by atoms with Gasteiger partial charge in [0.25, 0.3) is 0 Å². The van der Waals surface area contributed by atoms with Gasteiger partial charge in [-0.25, -0.2) is 9.59 Å². The number of amides is 3. The molecule has 0 saturated heterocycles. The molecule has 1 aromatic heterocycles. The Morgan fingerprint density at radius 1 is 1.50 bits per heavy atom. The molecule has 1 aromatic rings. The van der Waals surface area contributed by atoms with Gasteiger partial charge in [-0.05, 0) is 12.1 Å². The van der Waals surface area contributed by atoms with E-state index in [0.29, 0.717) is 4.34 Å². The first-order valence-electron chi connectivity index (χ1n) is 5.56. The molecule has 0 bridgehead atoms. The molecule has 0 spiro atoms. The lowest BCUT2D eigenvalue weighted by atomic mass is 10.2. The van der Waals surface area contributed by atoms with Crippen LogP contribution in [0.2, 0.25) is 4.34 Å². The Morgan fingerprint density at radius 3 is 2.60 bits per heavy atom. The normalized spacial score (nSPS) is 11.7. The number of hydrogen-bond acceptors (Lipinski definition) is 4. The summed E-state index contributed by atoms with van der Waals surface area (Å²) in [5.74, 6) is -2.12. The molecule has 7 nitrogen and oxygen atoms in total. The van der Waals surface area contributed by atoms with Crippen LogP contribution in [0, 0.1) is 0 Å². The fourth-order valence-corrected chi connectivity index (χ4v) is 2.54. The van der Waals surface area contributed by atoms with Crippen LogP contribution in [-0.2, 0) is 16.1 Å². The molecule has 1 rings (SSSR count). The lowest BCUT2D eigenvalue weighted by molar-refractivity contribution is -0.140. The number of primary amides is 1. The summed E-state index contributed by atoms with van der Waals surface area (Å²) in [6.07, 6.45) is -0.459. The first kappa shape index (κ1) is 16.3. The Balaban J connectivity index is 2.59. The van der Waals surface area contributed by atoms with E-state index in [1.54, 1.807) is 12.1 Å². The van der Waals surface area contributed by atoms with Crippen molar-refractivity contribution in [1.82, 2.24) is 10.2 Å². The summed E-state index contributed by atoms with van der Waals surface area (Å²) in [7, 11) is 1.51. The van der Waals surface area contributed by atoms with E-state index in [-0.39, 0.29) is 6.54 Å². The zero-order valence-electron chi connectivity index (χ0n) is 10.6. The molecule has 4 N–H and O–H groups in total. The van der Waals surface area contributed by atoms with Gasteiger partial charge in [0, 0.05) is 11.9 Å². The van der Waals surface area contributed by atoms with Crippen LogP contribution < -0.4 is 11.1 Å². The van der Waals surface area contributed by atoms with E-state index >= 15 is 0 Å². The van der Waals surface area contributed by atoms with Crippen LogP contribution in [0.1, 0.15) is 11.3 Å². The smallest absolute Gasteiger partial charge is 0.326 e. The van der Waals surface area contributed by atoms with Crippen molar-refractivity contribution in [3.05, 3.63) is 21.3 Å². The number of nitrogens with two attached hydrogens (primary N) is 1. The number of carbonyl (C=O) groups is 3. The number of nitrogens with one attached hydrogen (secondary N) is 1. The third kappa shape index (κ3) is 5.06. The molecule has 1 heterocycles. The van der Waals surface area contributed by atoms with Gasteiger partial charge in [0.1, 0.15) is 6.04 Å². The van der Waals surface area contributed by atoms with Crippen LogP contribution in [0.3, 0.4) is 0 Å². The zero-order chi connectivity index (χ0) is 15.3. The molecule has 110 valence electrons. The summed E-state index contributed by atoms with van der Waals surface area (Å²) in [6.45, 7) is 0.284. The molecule has 0 aliphatic heterocycles. The lowest BCUT2D eigenvalue weighted by Crippen LogP contribution is -2.47. The van der Waals surface area contributed by atoms with E-state index in [0.717, 1.165) is 4.88 Å². The Labute approximate surface area is 124 Å². The van der Waals surface area contributed by atoms with Gasteiger partial charge in [-0.3, -0.25) is 4.79 Å². The maximum Gasteiger partial charge on any atom is 0.326 e. The number of carboxylic acid groups (broad SMARTS) is 1. The molecule has 0 aliphatic rings. The van der Waals surface area contributed by atoms with E-state index < -0.39 is 30.4 Å². The highest BCUT2D eigenvalue weighted by atomic mass is 35.5. The van der Waals surface area contributed by atoms with E-state index in [4.69, 9.17) is 22.4 Å². The summed E-state index contributed by atoms with van der Waals surface area (Å²) >= 11 is 7.10. The summed E-state index contributed by atoms with van der Waals surface area (Å²) in [5, 5.41) is 11.1. The highest BCUT2D eigenvalue weighted by Gasteiger charge is 2.23. The number of hydrogen-bond donors (Lipinski definition) is 3. The van der Waals surface area contributed by atoms with Gasteiger partial charge in [-0.15, -0.1) is 11.3 Å². The molecule has 20 heavy (non-hydrogen) atoms. The number of carbonyl (C=O) groups excluding carboxylic acids is 2. The average Bonchev–Trinajstić information content (AvgIpc) is 2.72. The predicted octanol–water partition coefficient (Wildman–Crippen LogP) is 0.872. The first-order valence-corrected chi connectivity index (χ1v) is 6.76. The number of urea groups is 1. The minimum absolute atomic E-state index is 0.284. The Hall–Kier alpha value is -1.80. The second kappa shape index (κ2) is 7.11. The number of halogens is 1. The molecule has 0 unspecified atom stereocenters. The van der Waals surface area contributed by atoms with Gasteiger partial charge in [0.15, 0.2) is 0 Å². The van der Waals surface area contributed by atoms with Crippen molar-refractivity contribution in [3.8, 4) is 0 Å². The van der Waals surface area contributed by atoms with E-state index in [2.05, 4.69) is 5.32 Å². The maximum atomic E-state index is 11.8. The fourth-order valence-electron chi connectivity index (χ4n) is 1.40. The third-order valence-electron chi connectivity index (χ3n) is 2.37. The van der Waals surface area contributed by atoms with E-state index in [1.165, 1.54) is 23.3 Å². The van der Waals surface area contributed by atoms with Crippen LogP contribution in [0.4, 0.5) is 4.79 Å². The van der Waals surface area contributed by atoms with Gasteiger partial charge < -0.3 is 21.1 Å². The third-order valence-corrected chi connectivity index (χ3v) is 3.59. The highest BCUT2D eigenvalue weighted by Crippen LogP contribution is 2.22. The van der Waals surface area contributed by atoms with Gasteiger partial charge >= 0.3 is 12.0 Å². The van der Waals surface area contributed by atoms with Crippen molar-refractivity contribution in [2.45, 2.75) is 19.0 Å². The second-order valence-corrected chi connectivity index (χ2v) is 5.87. The van der Waals surface area contributed by atoms with Crippen LogP contribution in [0.5, 0.6) is 0 Å². The molecule has 0 saturated carbocycles. The van der Waals surface area contributed by atoms with E-state index in [1.807, 2.05) is 0 Å². The molecular weight excluding hydrogens is 306 g/mol. The molecule has 0 fully saturated rings. The Bertz CT molecular complexity index is 520. The van der Waals surface area contributed by atoms with Crippen LogP contribution in [-0.4, -0.2) is 41.0 Å².